The molecule has 5 heterocycles. The minimum Gasteiger partial charge on any atom is -0.488 e. The van der Waals surface area contributed by atoms with E-state index in [9.17, 15) is 24.2 Å². The number of amides is 1. The van der Waals surface area contributed by atoms with E-state index in [4.69, 9.17) is 54.2 Å². The van der Waals surface area contributed by atoms with Gasteiger partial charge in [0.05, 0.1) is 53.3 Å². The van der Waals surface area contributed by atoms with E-state index in [0.29, 0.717) is 23.3 Å². The van der Waals surface area contributed by atoms with Crippen molar-refractivity contribution in [1.82, 2.24) is 9.91 Å². The van der Waals surface area contributed by atoms with Crippen molar-refractivity contribution in [3.05, 3.63) is 35.2 Å². The number of carbonyl (C=O) groups is 3. The van der Waals surface area contributed by atoms with Crippen molar-refractivity contribution in [3.8, 4) is 5.75 Å². The highest BCUT2D eigenvalue weighted by Gasteiger charge is 2.61. The van der Waals surface area contributed by atoms with E-state index in [-0.39, 0.29) is 49.3 Å². The summed E-state index contributed by atoms with van der Waals surface area (Å²) in [6.45, 7) is 15.8. The maximum atomic E-state index is 15.0. The highest BCUT2D eigenvalue weighted by Crippen LogP contribution is 2.45. The van der Waals surface area contributed by atoms with Gasteiger partial charge >= 0.3 is 12.1 Å². The molecule has 2 N–H and O–H groups in total. The van der Waals surface area contributed by atoms with Crippen molar-refractivity contribution in [2.75, 3.05) is 41.5 Å². The smallest absolute Gasteiger partial charge is 0.431 e. The van der Waals surface area contributed by atoms with E-state index in [0.717, 1.165) is 5.01 Å². The van der Waals surface area contributed by atoms with Crippen molar-refractivity contribution in [3.63, 3.8) is 0 Å². The molecular formula is C48H71ClFN3O14. The summed E-state index contributed by atoms with van der Waals surface area (Å²) < 4.78 is 71.0. The van der Waals surface area contributed by atoms with Gasteiger partial charge in [-0.15, -0.1) is 0 Å². The Labute approximate surface area is 398 Å². The summed E-state index contributed by atoms with van der Waals surface area (Å²) in [7, 11) is 6.73. The molecule has 0 aliphatic carbocycles. The summed E-state index contributed by atoms with van der Waals surface area (Å²) in [5, 5.41) is 28.6. The van der Waals surface area contributed by atoms with Gasteiger partial charge in [-0.3, -0.25) is 9.59 Å². The number of halogens is 2. The van der Waals surface area contributed by atoms with Crippen molar-refractivity contribution < 1.29 is 71.6 Å². The number of benzene rings is 1. The van der Waals surface area contributed by atoms with Gasteiger partial charge in [0, 0.05) is 55.6 Å². The molecule has 19 heteroatoms. The molecule has 376 valence electrons. The molecular weight excluding hydrogens is 897 g/mol. The maximum Gasteiger partial charge on any atom is 0.431 e. The Balaban J connectivity index is 1.45. The molecule has 5 aliphatic rings. The highest BCUT2D eigenvalue weighted by molar-refractivity contribution is 6.51. The van der Waals surface area contributed by atoms with Gasteiger partial charge in [0.25, 0.3) is 0 Å². The maximum absolute atomic E-state index is 15.0. The molecule has 0 bridgehead atoms. The molecule has 0 radical (unpaired) electrons. The third-order valence-corrected chi connectivity index (χ3v) is 15.4. The first kappa shape index (κ1) is 53.1. The summed E-state index contributed by atoms with van der Waals surface area (Å²) in [5.74, 6) is -4.72. The number of methoxy groups -OCH3 is 2. The molecule has 67 heavy (non-hydrogen) atoms. The number of rotatable bonds is 10. The van der Waals surface area contributed by atoms with Gasteiger partial charge in [-0.05, 0) is 86.2 Å². The lowest BCUT2D eigenvalue weighted by atomic mass is 9.73. The van der Waals surface area contributed by atoms with Gasteiger partial charge in [0.1, 0.15) is 48.3 Å². The van der Waals surface area contributed by atoms with Crippen molar-refractivity contribution in [1.29, 1.82) is 0 Å². The molecule has 6 rings (SSSR count). The number of hydrazone groups is 1. The predicted molar refractivity (Wildman–Crippen MR) is 243 cm³/mol. The van der Waals surface area contributed by atoms with E-state index < -0.39 is 114 Å². The summed E-state index contributed by atoms with van der Waals surface area (Å²) in [6, 6.07) is 2.53. The normalized spacial score (nSPS) is 41.4. The van der Waals surface area contributed by atoms with Gasteiger partial charge in [-0.25, -0.2) is 9.18 Å². The molecule has 0 aromatic heterocycles. The molecule has 4 fully saturated rings. The fourth-order valence-electron chi connectivity index (χ4n) is 10.8. The molecule has 0 saturated carbocycles. The first-order valence-electron chi connectivity index (χ1n) is 23.3. The van der Waals surface area contributed by atoms with E-state index in [1.165, 1.54) is 38.6 Å². The lowest BCUT2D eigenvalue weighted by Gasteiger charge is -2.49. The van der Waals surface area contributed by atoms with Crippen LogP contribution in [0.4, 0.5) is 9.18 Å². The Morgan fingerprint density at radius 1 is 1.00 bits per heavy atom. The third kappa shape index (κ3) is 10.4. The average Bonchev–Trinajstić information content (AvgIpc) is 3.55. The molecule has 8 unspecified atom stereocenters. The van der Waals surface area contributed by atoms with Crippen LogP contribution in [-0.2, 0) is 47.5 Å². The summed E-state index contributed by atoms with van der Waals surface area (Å²) >= 11 is 6.74. The Morgan fingerprint density at radius 2 is 1.69 bits per heavy atom. The highest BCUT2D eigenvalue weighted by atomic mass is 35.5. The topological polar surface area (TPSA) is 194 Å². The third-order valence-electron chi connectivity index (χ3n) is 14.9. The number of ether oxygens (including phenoxy) is 9. The molecule has 17 atom stereocenters. The van der Waals surface area contributed by atoms with Crippen LogP contribution in [0.15, 0.2) is 28.9 Å². The zero-order chi connectivity index (χ0) is 49.5. The van der Waals surface area contributed by atoms with E-state index in [1.807, 2.05) is 25.9 Å². The van der Waals surface area contributed by atoms with Gasteiger partial charge in [0.15, 0.2) is 18.2 Å². The summed E-state index contributed by atoms with van der Waals surface area (Å²) in [5.41, 5.74) is -3.40. The van der Waals surface area contributed by atoms with Crippen molar-refractivity contribution in [2.45, 2.75) is 166 Å². The fraction of sp³-hybridized carbons (Fsp3) is 0.750. The SMILES string of the molecule is CC[C@H]1OC(=O)[C@H](C)C(OC2CC(C)(OC)C(O)C(C)O2)[C@H](C)[C@@H](OC2OCCC(N(C)C)C2O)[C@](C)(OC)C[C@@H](C)C(=O)[C@H](C)[C@H]2N(/N=C/C3=C(Cl)c4cc(F)ccc4OC3)C(=O)O[C@]12C. The van der Waals surface area contributed by atoms with Crippen LogP contribution < -0.4 is 4.74 Å². The molecule has 17 nitrogen and oxygen atoms in total. The molecule has 1 aromatic carbocycles. The second-order valence-corrected chi connectivity index (χ2v) is 20.2. The van der Waals surface area contributed by atoms with E-state index in [1.54, 1.807) is 55.4 Å². The Morgan fingerprint density at radius 3 is 2.33 bits per heavy atom. The molecule has 0 spiro atoms. The van der Waals surface area contributed by atoms with Crippen LogP contribution in [-0.4, -0.2) is 164 Å². The molecule has 5 aliphatic heterocycles. The Hall–Kier alpha value is -3.30. The number of ketones is 1. The number of fused-ring (bicyclic) bond motifs is 2. The number of cyclic esters (lactones) is 1. The minimum absolute atomic E-state index is 0.0419. The standard InChI is InChI=1S/C48H71ClFN3O14/c1-14-34-48(9)40(53(45(58)67-48)51-22-29-23-62-33-16-15-30(50)19-31(33)36(29)49)25(3)37(54)24(2)20-47(8,60-13)42(66-44-38(55)32(52(10)11)17-18-61-44)26(4)39(27(5)43(57)64-34)65-35-21-46(7,59-12)41(56)28(6)63-35/h15-16,19,22,24-28,32,34-35,38-42,44,55-56H,14,17-18,20-21,23H2,1-13H3/b51-22+/t24-,25+,26+,27-,28?,32?,34-,35?,38?,39?,40-,41?,42-,44?,46?,47-,48-/m1/s1. The van der Waals surface area contributed by atoms with E-state index in [2.05, 4.69) is 5.10 Å². The van der Waals surface area contributed by atoms with Gasteiger partial charge < -0.3 is 57.7 Å². The lowest BCUT2D eigenvalue weighted by Crippen LogP contribution is -2.61. The number of nitrogens with zero attached hydrogens (tertiary/aromatic N) is 3. The first-order valence-corrected chi connectivity index (χ1v) is 23.6. The van der Waals surface area contributed by atoms with Crippen LogP contribution in [0.2, 0.25) is 0 Å². The number of aliphatic hydroxyl groups is 2. The Bertz CT molecular complexity index is 2030. The van der Waals surface area contributed by atoms with Crippen LogP contribution in [0.3, 0.4) is 0 Å². The number of hydrogen-bond donors (Lipinski definition) is 2. The zero-order valence-electron chi connectivity index (χ0n) is 41.0. The fourth-order valence-corrected chi connectivity index (χ4v) is 11.1. The van der Waals surface area contributed by atoms with E-state index >= 15 is 4.79 Å². The second kappa shape index (κ2) is 21.0. The van der Waals surface area contributed by atoms with Gasteiger partial charge in [-0.1, -0.05) is 39.3 Å². The number of hydrogen-bond acceptors (Lipinski definition) is 16. The predicted octanol–water partition coefficient (Wildman–Crippen LogP) is 5.69. The van der Waals surface area contributed by atoms with Crippen LogP contribution in [0.5, 0.6) is 5.75 Å². The van der Waals surface area contributed by atoms with Gasteiger partial charge in [-0.2, -0.15) is 10.1 Å². The van der Waals surface area contributed by atoms with Gasteiger partial charge in [0.2, 0.25) is 0 Å². The average molecular weight is 969 g/mol. The second-order valence-electron chi connectivity index (χ2n) is 19.8. The van der Waals surface area contributed by atoms with Crippen LogP contribution >= 0.6 is 11.6 Å². The van der Waals surface area contributed by atoms with Crippen LogP contribution in [0.25, 0.3) is 5.03 Å². The number of Topliss-reactive ketones (excluding diaryl/α,β-unsaturated/α-hetero) is 1. The number of carbonyl (C=O) groups excluding carboxylic acids is 3. The number of aliphatic hydroxyl groups excluding tert-OH is 2. The molecule has 1 amide bonds. The first-order chi connectivity index (χ1) is 31.4. The summed E-state index contributed by atoms with van der Waals surface area (Å²) in [6.07, 6.45) is -6.86. The quantitative estimate of drug-likeness (QED) is 0.215. The monoisotopic (exact) mass is 967 g/mol. The lowest BCUT2D eigenvalue weighted by molar-refractivity contribution is -0.314. The number of likely N-dealkylation sites (N-methyl/N-ethyl adjacent to an activating group) is 1. The van der Waals surface area contributed by atoms with Crippen LogP contribution in [0, 0.1) is 29.5 Å². The molecule has 4 saturated heterocycles. The van der Waals surface area contributed by atoms with Crippen LogP contribution in [0.1, 0.15) is 93.6 Å². The zero-order valence-corrected chi connectivity index (χ0v) is 41.8. The minimum atomic E-state index is -1.64. The number of esters is 1. The summed E-state index contributed by atoms with van der Waals surface area (Å²) in [4.78, 5) is 45.9. The Kier molecular flexibility index (Phi) is 16.6. The largest absolute Gasteiger partial charge is 0.488 e. The van der Waals surface area contributed by atoms with Crippen molar-refractivity contribution in [2.24, 2.45) is 28.8 Å². The van der Waals surface area contributed by atoms with Crippen molar-refractivity contribution >= 4 is 40.7 Å². The molecule has 1 aromatic rings.